The Hall–Kier alpha value is -1.21. The molecule has 0 saturated carbocycles. The van der Waals surface area contributed by atoms with Crippen molar-refractivity contribution in [3.8, 4) is 0 Å². The molecule has 2 N–H and O–H groups in total. The number of nitrogens with two attached hydrogens (primary N) is 1. The maximum atomic E-state index is 10.9. The lowest BCUT2D eigenvalue weighted by Gasteiger charge is -2.43. The predicted octanol–water partition coefficient (Wildman–Crippen LogP) is 2.62. The summed E-state index contributed by atoms with van der Waals surface area (Å²) in [6.45, 7) is 7.60. The maximum absolute atomic E-state index is 10.9. The van der Waals surface area contributed by atoms with Gasteiger partial charge in [0.1, 0.15) is 12.0 Å². The van der Waals surface area contributed by atoms with E-state index in [-0.39, 0.29) is 17.1 Å². The molecule has 1 aromatic heterocycles. The largest absolute Gasteiger partial charge is 0.355 e. The molecule has 110 valence electrons. The maximum Gasteiger partial charge on any atom is 0.291 e. The Morgan fingerprint density at radius 2 is 2.25 bits per heavy atom. The van der Waals surface area contributed by atoms with Gasteiger partial charge in [0.2, 0.25) is 0 Å². The van der Waals surface area contributed by atoms with Gasteiger partial charge in [-0.3, -0.25) is 10.1 Å². The third kappa shape index (κ3) is 2.64. The number of rotatable bonds is 2. The average molecular weight is 343 g/mol. The lowest BCUT2D eigenvalue weighted by molar-refractivity contribution is -0.385. The van der Waals surface area contributed by atoms with E-state index in [0.29, 0.717) is 10.0 Å². The molecule has 1 fully saturated rings. The Morgan fingerprint density at radius 3 is 2.80 bits per heavy atom. The Morgan fingerprint density at radius 1 is 1.60 bits per heavy atom. The van der Waals surface area contributed by atoms with Crippen molar-refractivity contribution in [2.45, 2.75) is 33.2 Å². The van der Waals surface area contributed by atoms with Crippen molar-refractivity contribution in [3.63, 3.8) is 0 Å². The summed E-state index contributed by atoms with van der Waals surface area (Å²) in [5.41, 5.74) is 6.77. The van der Waals surface area contributed by atoms with E-state index in [2.05, 4.69) is 39.7 Å². The summed E-state index contributed by atoms with van der Waals surface area (Å²) in [4.78, 5) is 16.9. The fraction of sp³-hybridized carbons (Fsp3) is 0.615. The van der Waals surface area contributed by atoms with Crippen molar-refractivity contribution in [1.82, 2.24) is 4.98 Å². The van der Waals surface area contributed by atoms with E-state index in [0.717, 1.165) is 25.3 Å². The van der Waals surface area contributed by atoms with Crippen molar-refractivity contribution in [2.24, 2.45) is 11.1 Å². The molecule has 20 heavy (non-hydrogen) atoms. The summed E-state index contributed by atoms with van der Waals surface area (Å²) in [5, 5.41) is 10.9. The van der Waals surface area contributed by atoms with Crippen LogP contribution in [0, 0.1) is 22.5 Å². The average Bonchev–Trinajstić information content (AvgIpc) is 2.35. The predicted molar refractivity (Wildman–Crippen MR) is 81.9 cm³/mol. The second-order valence-corrected chi connectivity index (χ2v) is 6.76. The molecule has 7 heteroatoms. The molecule has 0 aromatic carbocycles. The Bertz CT molecular complexity index is 547. The van der Waals surface area contributed by atoms with E-state index < -0.39 is 4.92 Å². The topological polar surface area (TPSA) is 85.3 Å². The first-order valence-corrected chi connectivity index (χ1v) is 7.33. The van der Waals surface area contributed by atoms with E-state index in [1.54, 1.807) is 6.92 Å². The van der Waals surface area contributed by atoms with E-state index in [4.69, 9.17) is 5.73 Å². The van der Waals surface area contributed by atoms with Gasteiger partial charge < -0.3 is 10.6 Å². The lowest BCUT2D eigenvalue weighted by Crippen LogP contribution is -2.52. The zero-order chi connectivity index (χ0) is 15.1. The Kier molecular flexibility index (Phi) is 4.02. The molecule has 0 amide bonds. The highest BCUT2D eigenvalue weighted by molar-refractivity contribution is 9.10. The molecular formula is C13H19BrN4O2. The summed E-state index contributed by atoms with van der Waals surface area (Å²) in [7, 11) is 0. The summed E-state index contributed by atoms with van der Waals surface area (Å²) < 4.78 is 0.693. The first-order valence-electron chi connectivity index (χ1n) is 6.54. The van der Waals surface area contributed by atoms with E-state index in [1.165, 1.54) is 6.20 Å². The fourth-order valence-electron chi connectivity index (χ4n) is 2.52. The molecule has 1 aliphatic rings. The van der Waals surface area contributed by atoms with Crippen molar-refractivity contribution in [1.29, 1.82) is 0 Å². The van der Waals surface area contributed by atoms with Gasteiger partial charge in [-0.25, -0.2) is 4.98 Å². The van der Waals surface area contributed by atoms with Gasteiger partial charge in [-0.2, -0.15) is 0 Å². The zero-order valence-electron chi connectivity index (χ0n) is 11.9. The van der Waals surface area contributed by atoms with Crippen LogP contribution in [0.25, 0.3) is 0 Å². The number of pyridine rings is 1. The molecule has 1 aromatic rings. The third-order valence-corrected chi connectivity index (χ3v) is 4.98. The summed E-state index contributed by atoms with van der Waals surface area (Å²) in [6.07, 6.45) is 2.22. The van der Waals surface area contributed by atoms with Crippen molar-refractivity contribution >= 4 is 27.4 Å². The van der Waals surface area contributed by atoms with Crippen LogP contribution in [-0.4, -0.2) is 29.0 Å². The molecule has 0 radical (unpaired) electrons. The quantitative estimate of drug-likeness (QED) is 0.659. The van der Waals surface area contributed by atoms with E-state index >= 15 is 0 Å². The number of piperidine rings is 1. The smallest absolute Gasteiger partial charge is 0.291 e. The van der Waals surface area contributed by atoms with Crippen molar-refractivity contribution < 1.29 is 4.92 Å². The van der Waals surface area contributed by atoms with Crippen LogP contribution in [0.15, 0.2) is 10.7 Å². The number of anilines is 1. The first-order chi connectivity index (χ1) is 9.24. The number of nitro groups is 1. The van der Waals surface area contributed by atoms with Gasteiger partial charge >= 0.3 is 0 Å². The summed E-state index contributed by atoms with van der Waals surface area (Å²) in [6, 6.07) is 0.164. The van der Waals surface area contributed by atoms with Gasteiger partial charge in [-0.05, 0) is 34.7 Å². The lowest BCUT2D eigenvalue weighted by atomic mass is 9.80. The zero-order valence-corrected chi connectivity index (χ0v) is 13.5. The number of halogens is 1. The van der Waals surface area contributed by atoms with Gasteiger partial charge in [0.25, 0.3) is 5.69 Å². The molecule has 1 atom stereocenters. The van der Waals surface area contributed by atoms with Gasteiger partial charge in [0.15, 0.2) is 0 Å². The second-order valence-electron chi connectivity index (χ2n) is 5.97. The van der Waals surface area contributed by atoms with Gasteiger partial charge in [0.05, 0.1) is 9.40 Å². The number of aromatic nitrogens is 1. The molecule has 1 saturated heterocycles. The minimum Gasteiger partial charge on any atom is -0.355 e. The van der Waals surface area contributed by atoms with Crippen LogP contribution in [0.5, 0.6) is 0 Å². The van der Waals surface area contributed by atoms with Crippen LogP contribution in [-0.2, 0) is 0 Å². The first kappa shape index (κ1) is 15.2. The van der Waals surface area contributed by atoms with Crippen LogP contribution < -0.4 is 10.6 Å². The van der Waals surface area contributed by atoms with Crippen molar-refractivity contribution in [3.05, 3.63) is 26.3 Å². The minimum atomic E-state index is -0.410. The summed E-state index contributed by atoms with van der Waals surface area (Å²) in [5.74, 6) is 0.757. The Labute approximate surface area is 126 Å². The van der Waals surface area contributed by atoms with Gasteiger partial charge in [-0.1, -0.05) is 13.8 Å². The number of hydrogen-bond acceptors (Lipinski definition) is 5. The van der Waals surface area contributed by atoms with Crippen molar-refractivity contribution in [2.75, 3.05) is 18.0 Å². The van der Waals surface area contributed by atoms with Crippen LogP contribution in [0.1, 0.15) is 25.8 Å². The fourth-order valence-corrected chi connectivity index (χ4v) is 3.07. The molecule has 0 spiro atoms. The van der Waals surface area contributed by atoms with Gasteiger partial charge in [-0.15, -0.1) is 0 Å². The van der Waals surface area contributed by atoms with Crippen LogP contribution in [0.2, 0.25) is 0 Å². The Balaban J connectivity index is 2.35. The minimum absolute atomic E-state index is 0.00491. The number of nitrogens with zero attached hydrogens (tertiary/aromatic N) is 3. The highest BCUT2D eigenvalue weighted by atomic mass is 79.9. The molecular weight excluding hydrogens is 324 g/mol. The molecule has 0 aliphatic carbocycles. The SMILES string of the molecule is Cc1c([N+](=O)[O-])cnc(N2CCC(N)C(C)(C)C2)c1Br. The highest BCUT2D eigenvalue weighted by Crippen LogP contribution is 2.36. The molecule has 2 heterocycles. The highest BCUT2D eigenvalue weighted by Gasteiger charge is 2.35. The monoisotopic (exact) mass is 342 g/mol. The standard InChI is InChI=1S/C13H19BrN4O2/c1-8-9(18(19)20)6-16-12(11(8)14)17-5-4-10(15)13(2,3)7-17/h6,10H,4-5,7,15H2,1-3H3. The van der Waals surface area contributed by atoms with E-state index in [9.17, 15) is 10.1 Å². The second kappa shape index (κ2) is 5.29. The third-order valence-electron chi connectivity index (χ3n) is 4.03. The molecule has 0 bridgehead atoms. The van der Waals surface area contributed by atoms with Crippen LogP contribution in [0.4, 0.5) is 11.5 Å². The molecule has 1 unspecified atom stereocenters. The normalized spacial score (nSPS) is 21.9. The van der Waals surface area contributed by atoms with Crippen LogP contribution >= 0.6 is 15.9 Å². The van der Waals surface area contributed by atoms with E-state index in [1.807, 2.05) is 0 Å². The molecule has 1 aliphatic heterocycles. The number of hydrogen-bond donors (Lipinski definition) is 1. The van der Waals surface area contributed by atoms with Crippen LogP contribution in [0.3, 0.4) is 0 Å². The van der Waals surface area contributed by atoms with Gasteiger partial charge in [0, 0.05) is 24.7 Å². The molecule has 6 nitrogen and oxygen atoms in total. The summed E-state index contributed by atoms with van der Waals surface area (Å²) >= 11 is 3.45. The molecule has 2 rings (SSSR count).